The number of nitrogens with one attached hydrogen (secondary N) is 1. The molecule has 0 aromatic heterocycles. The van der Waals surface area contributed by atoms with Crippen LogP contribution in [0.5, 0.6) is 0 Å². The number of nitro groups is 1. The van der Waals surface area contributed by atoms with Crippen LogP contribution in [0.1, 0.15) is 36.0 Å². The predicted molar refractivity (Wildman–Crippen MR) is 82.9 cm³/mol. The summed E-state index contributed by atoms with van der Waals surface area (Å²) < 4.78 is 0. The van der Waals surface area contributed by atoms with Crippen LogP contribution in [0.15, 0.2) is 24.3 Å². The summed E-state index contributed by atoms with van der Waals surface area (Å²) in [5.74, 6) is 0.133. The van der Waals surface area contributed by atoms with Crippen molar-refractivity contribution in [2.75, 3.05) is 13.1 Å². The van der Waals surface area contributed by atoms with Gasteiger partial charge >= 0.3 is 0 Å². The van der Waals surface area contributed by atoms with Gasteiger partial charge in [0.05, 0.1) is 4.92 Å². The predicted octanol–water partition coefficient (Wildman–Crippen LogP) is 1.73. The highest BCUT2D eigenvalue weighted by Gasteiger charge is 2.32. The van der Waals surface area contributed by atoms with Gasteiger partial charge in [-0.2, -0.15) is 0 Å². The number of benzene rings is 1. The molecule has 3 rings (SSSR count). The van der Waals surface area contributed by atoms with Gasteiger partial charge in [-0.1, -0.05) is 6.07 Å². The van der Waals surface area contributed by atoms with Gasteiger partial charge in [0.2, 0.25) is 5.91 Å². The number of carbonyl (C=O) groups is 2. The van der Waals surface area contributed by atoms with Crippen molar-refractivity contribution in [3.8, 4) is 0 Å². The quantitative estimate of drug-likeness (QED) is 0.676. The molecule has 2 amide bonds. The molecule has 122 valence electrons. The van der Waals surface area contributed by atoms with Crippen LogP contribution in [-0.2, 0) is 4.79 Å². The number of amides is 2. The molecule has 1 saturated carbocycles. The van der Waals surface area contributed by atoms with Crippen LogP contribution in [0, 0.1) is 16.0 Å². The number of piperidine rings is 1. The second-order valence-electron chi connectivity index (χ2n) is 6.16. The molecule has 1 N–H and O–H groups in total. The fourth-order valence-electron chi connectivity index (χ4n) is 2.83. The first-order valence-electron chi connectivity index (χ1n) is 7.88. The van der Waals surface area contributed by atoms with Gasteiger partial charge in [0, 0.05) is 42.7 Å². The molecule has 0 spiro atoms. The number of hydrogen-bond donors (Lipinski definition) is 1. The standard InChI is InChI=1S/C16H19N3O4/c20-15(11-4-5-11)17-13-6-8-18(9-7-13)16(21)12-2-1-3-14(10-12)19(22)23/h1-3,10-11,13H,4-9H2,(H,17,20). The Balaban J connectivity index is 1.56. The molecule has 1 saturated heterocycles. The average molecular weight is 317 g/mol. The van der Waals surface area contributed by atoms with E-state index in [1.807, 2.05) is 0 Å². The molecule has 1 aliphatic heterocycles. The van der Waals surface area contributed by atoms with Crippen LogP contribution in [0.3, 0.4) is 0 Å². The second-order valence-corrected chi connectivity index (χ2v) is 6.16. The monoisotopic (exact) mass is 317 g/mol. The Morgan fingerprint density at radius 2 is 1.87 bits per heavy atom. The maximum atomic E-state index is 12.4. The Labute approximate surface area is 133 Å². The molecule has 0 unspecified atom stereocenters. The van der Waals surface area contributed by atoms with E-state index in [0.29, 0.717) is 18.7 Å². The molecule has 1 aliphatic carbocycles. The van der Waals surface area contributed by atoms with Crippen molar-refractivity contribution in [3.05, 3.63) is 39.9 Å². The summed E-state index contributed by atoms with van der Waals surface area (Å²) in [6, 6.07) is 5.92. The molecule has 7 heteroatoms. The van der Waals surface area contributed by atoms with Crippen molar-refractivity contribution in [1.29, 1.82) is 0 Å². The van der Waals surface area contributed by atoms with E-state index in [2.05, 4.69) is 5.32 Å². The third kappa shape index (κ3) is 3.67. The summed E-state index contributed by atoms with van der Waals surface area (Å²) in [6.45, 7) is 1.11. The lowest BCUT2D eigenvalue weighted by Crippen LogP contribution is -2.46. The molecule has 2 fully saturated rings. The summed E-state index contributed by atoms with van der Waals surface area (Å²) in [4.78, 5) is 36.2. The van der Waals surface area contributed by atoms with Gasteiger partial charge in [0.1, 0.15) is 0 Å². The smallest absolute Gasteiger partial charge is 0.270 e. The Bertz CT molecular complexity index is 634. The van der Waals surface area contributed by atoms with E-state index in [-0.39, 0.29) is 29.5 Å². The maximum absolute atomic E-state index is 12.4. The molecule has 0 atom stereocenters. The van der Waals surface area contributed by atoms with E-state index >= 15 is 0 Å². The zero-order valence-corrected chi connectivity index (χ0v) is 12.7. The molecule has 7 nitrogen and oxygen atoms in total. The van der Waals surface area contributed by atoms with Crippen molar-refractivity contribution in [2.24, 2.45) is 5.92 Å². The number of carbonyl (C=O) groups excluding carboxylic acids is 2. The number of likely N-dealkylation sites (tertiary alicyclic amines) is 1. The van der Waals surface area contributed by atoms with Crippen LogP contribution < -0.4 is 5.32 Å². The first-order chi connectivity index (χ1) is 11.0. The highest BCUT2D eigenvalue weighted by molar-refractivity contribution is 5.95. The number of hydrogen-bond acceptors (Lipinski definition) is 4. The van der Waals surface area contributed by atoms with Crippen LogP contribution >= 0.6 is 0 Å². The fourth-order valence-corrected chi connectivity index (χ4v) is 2.83. The van der Waals surface area contributed by atoms with E-state index in [0.717, 1.165) is 25.7 Å². The van der Waals surface area contributed by atoms with Gasteiger partial charge in [-0.15, -0.1) is 0 Å². The second kappa shape index (κ2) is 6.36. The third-order valence-electron chi connectivity index (χ3n) is 4.38. The van der Waals surface area contributed by atoms with Crippen molar-refractivity contribution in [3.63, 3.8) is 0 Å². The van der Waals surface area contributed by atoms with Crippen LogP contribution in [-0.4, -0.2) is 40.8 Å². The first kappa shape index (κ1) is 15.5. The van der Waals surface area contributed by atoms with Gasteiger partial charge < -0.3 is 10.2 Å². The molecular weight excluding hydrogens is 298 g/mol. The third-order valence-corrected chi connectivity index (χ3v) is 4.38. The Kier molecular flexibility index (Phi) is 4.27. The summed E-state index contributed by atoms with van der Waals surface area (Å²) in [6.07, 6.45) is 3.41. The van der Waals surface area contributed by atoms with Crippen LogP contribution in [0.4, 0.5) is 5.69 Å². The topological polar surface area (TPSA) is 92.6 Å². The Morgan fingerprint density at radius 1 is 1.17 bits per heavy atom. The molecular formula is C16H19N3O4. The van der Waals surface area contributed by atoms with Crippen LogP contribution in [0.2, 0.25) is 0 Å². The van der Waals surface area contributed by atoms with Gasteiger partial charge in [-0.05, 0) is 31.7 Å². The number of nitrogens with zero attached hydrogens (tertiary/aromatic N) is 2. The van der Waals surface area contributed by atoms with Gasteiger partial charge in [-0.25, -0.2) is 0 Å². The van der Waals surface area contributed by atoms with Crippen molar-refractivity contribution >= 4 is 17.5 Å². The molecule has 1 aromatic carbocycles. The first-order valence-corrected chi connectivity index (χ1v) is 7.88. The molecule has 1 aromatic rings. The van der Waals surface area contributed by atoms with Crippen molar-refractivity contribution in [1.82, 2.24) is 10.2 Å². The van der Waals surface area contributed by atoms with E-state index in [1.54, 1.807) is 11.0 Å². The highest BCUT2D eigenvalue weighted by Crippen LogP contribution is 2.29. The Morgan fingerprint density at radius 3 is 2.48 bits per heavy atom. The van der Waals surface area contributed by atoms with E-state index in [1.165, 1.54) is 18.2 Å². The number of non-ortho nitro benzene ring substituents is 1. The molecule has 1 heterocycles. The Hall–Kier alpha value is -2.44. The minimum Gasteiger partial charge on any atom is -0.353 e. The molecule has 2 aliphatic rings. The number of nitro benzene ring substituents is 1. The van der Waals surface area contributed by atoms with Gasteiger partial charge in [0.15, 0.2) is 0 Å². The summed E-state index contributed by atoms with van der Waals surface area (Å²) in [7, 11) is 0. The van der Waals surface area contributed by atoms with E-state index < -0.39 is 4.92 Å². The SMILES string of the molecule is O=C(NC1CCN(C(=O)c2cccc([N+](=O)[O-])c2)CC1)C1CC1. The minimum atomic E-state index is -0.504. The largest absolute Gasteiger partial charge is 0.353 e. The minimum absolute atomic E-state index is 0.0811. The molecule has 0 radical (unpaired) electrons. The lowest BCUT2D eigenvalue weighted by molar-refractivity contribution is -0.384. The average Bonchev–Trinajstić information content (AvgIpc) is 3.40. The van der Waals surface area contributed by atoms with Crippen molar-refractivity contribution in [2.45, 2.75) is 31.7 Å². The summed E-state index contributed by atoms with van der Waals surface area (Å²) in [5, 5.41) is 13.8. The number of rotatable bonds is 4. The lowest BCUT2D eigenvalue weighted by atomic mass is 10.0. The molecule has 0 bridgehead atoms. The zero-order chi connectivity index (χ0) is 16.4. The van der Waals surface area contributed by atoms with Gasteiger partial charge in [-0.3, -0.25) is 19.7 Å². The molecule has 23 heavy (non-hydrogen) atoms. The van der Waals surface area contributed by atoms with E-state index in [9.17, 15) is 19.7 Å². The highest BCUT2D eigenvalue weighted by atomic mass is 16.6. The van der Waals surface area contributed by atoms with Crippen molar-refractivity contribution < 1.29 is 14.5 Å². The summed E-state index contributed by atoms with van der Waals surface area (Å²) in [5.41, 5.74) is 0.252. The van der Waals surface area contributed by atoms with E-state index in [4.69, 9.17) is 0 Å². The fraction of sp³-hybridized carbons (Fsp3) is 0.500. The van der Waals surface area contributed by atoms with Gasteiger partial charge in [0.25, 0.3) is 11.6 Å². The normalized spacial score (nSPS) is 18.5. The summed E-state index contributed by atoms with van der Waals surface area (Å²) >= 11 is 0. The van der Waals surface area contributed by atoms with Crippen LogP contribution in [0.25, 0.3) is 0 Å². The lowest BCUT2D eigenvalue weighted by Gasteiger charge is -2.32. The maximum Gasteiger partial charge on any atom is 0.270 e. The zero-order valence-electron chi connectivity index (χ0n) is 12.7.